The molecule has 0 aliphatic heterocycles. The molecule has 2 N–H and O–H groups in total. The van der Waals surface area contributed by atoms with E-state index < -0.39 is 0 Å². The summed E-state index contributed by atoms with van der Waals surface area (Å²) in [5.74, 6) is -0.254. The number of nitrogens with zero attached hydrogens (tertiary/aromatic N) is 1. The summed E-state index contributed by atoms with van der Waals surface area (Å²) in [7, 11) is 1.72. The zero-order chi connectivity index (χ0) is 14.1. The van der Waals surface area contributed by atoms with Crippen LogP contribution in [0, 0.1) is 0 Å². The average molecular weight is 278 g/mol. The zero-order valence-corrected chi connectivity index (χ0v) is 11.9. The van der Waals surface area contributed by atoms with Crippen molar-refractivity contribution in [2.24, 2.45) is 0 Å². The molecule has 2 unspecified atom stereocenters. The monoisotopic (exact) mass is 278 g/mol. The van der Waals surface area contributed by atoms with E-state index in [0.29, 0.717) is 17.4 Å². The van der Waals surface area contributed by atoms with Crippen molar-refractivity contribution >= 4 is 11.7 Å². The molecule has 0 radical (unpaired) electrons. The van der Waals surface area contributed by atoms with Crippen LogP contribution >= 0.6 is 0 Å². The summed E-state index contributed by atoms with van der Waals surface area (Å²) in [6, 6.07) is 2.14. The van der Waals surface area contributed by atoms with Crippen LogP contribution in [0.1, 0.15) is 55.1 Å². The molecule has 0 amide bonds. The molecule has 1 aromatic rings. The van der Waals surface area contributed by atoms with E-state index in [4.69, 9.17) is 15.2 Å². The van der Waals surface area contributed by atoms with Gasteiger partial charge in [0.1, 0.15) is 11.8 Å². The minimum Gasteiger partial charge on any atom is -0.458 e. The van der Waals surface area contributed by atoms with Crippen LogP contribution in [0.2, 0.25) is 0 Å². The van der Waals surface area contributed by atoms with Crippen molar-refractivity contribution in [3.63, 3.8) is 0 Å². The van der Waals surface area contributed by atoms with Gasteiger partial charge in [0.15, 0.2) is 0 Å². The Labute approximate surface area is 119 Å². The topological polar surface area (TPSA) is 66.5 Å². The molecule has 1 heterocycles. The predicted molar refractivity (Wildman–Crippen MR) is 75.6 cm³/mol. The first-order valence-corrected chi connectivity index (χ1v) is 7.38. The van der Waals surface area contributed by atoms with Gasteiger partial charge in [-0.25, -0.2) is 4.79 Å². The molecule has 20 heavy (non-hydrogen) atoms. The minimum absolute atomic E-state index is 0.0371. The second-order valence-electron chi connectivity index (χ2n) is 5.85. The molecule has 3 rings (SSSR count). The lowest BCUT2D eigenvalue weighted by atomic mass is 9.95. The number of rotatable bonds is 4. The number of anilines is 1. The van der Waals surface area contributed by atoms with Gasteiger partial charge >= 0.3 is 5.97 Å². The van der Waals surface area contributed by atoms with Crippen LogP contribution in [0.25, 0.3) is 0 Å². The van der Waals surface area contributed by atoms with E-state index in [1.807, 2.05) is 10.8 Å². The lowest BCUT2D eigenvalue weighted by Crippen LogP contribution is -2.29. The van der Waals surface area contributed by atoms with Crippen LogP contribution in [0.3, 0.4) is 0 Å². The smallest absolute Gasteiger partial charge is 0.355 e. The SMILES string of the molecule is COC1CCCC(OC(=O)c2cc(N)cn2C2CC2)C1. The van der Waals surface area contributed by atoms with Crippen LogP contribution in [0.5, 0.6) is 0 Å². The number of ether oxygens (including phenoxy) is 2. The summed E-state index contributed by atoms with van der Waals surface area (Å²) in [6.45, 7) is 0. The van der Waals surface area contributed by atoms with Crippen molar-refractivity contribution < 1.29 is 14.3 Å². The Hall–Kier alpha value is -1.49. The maximum atomic E-state index is 12.3. The lowest BCUT2D eigenvalue weighted by Gasteiger charge is -2.28. The quantitative estimate of drug-likeness (QED) is 0.859. The Kier molecular flexibility index (Phi) is 3.70. The van der Waals surface area contributed by atoms with Crippen LogP contribution in [-0.2, 0) is 9.47 Å². The number of aromatic nitrogens is 1. The first-order chi connectivity index (χ1) is 9.67. The van der Waals surface area contributed by atoms with E-state index >= 15 is 0 Å². The van der Waals surface area contributed by atoms with Crippen molar-refractivity contribution in [3.05, 3.63) is 18.0 Å². The van der Waals surface area contributed by atoms with Gasteiger partial charge in [0.25, 0.3) is 0 Å². The highest BCUT2D eigenvalue weighted by Crippen LogP contribution is 2.37. The molecule has 0 aromatic carbocycles. The number of methoxy groups -OCH3 is 1. The number of hydrogen-bond acceptors (Lipinski definition) is 4. The van der Waals surface area contributed by atoms with Gasteiger partial charge in [-0.05, 0) is 38.2 Å². The fraction of sp³-hybridized carbons (Fsp3) is 0.667. The normalized spacial score (nSPS) is 26.4. The fourth-order valence-electron chi connectivity index (χ4n) is 2.95. The van der Waals surface area contributed by atoms with Gasteiger partial charge in [-0.15, -0.1) is 0 Å². The molecule has 0 spiro atoms. The Morgan fingerprint density at radius 1 is 1.30 bits per heavy atom. The molecule has 2 aliphatic carbocycles. The molecule has 2 fully saturated rings. The maximum Gasteiger partial charge on any atom is 0.355 e. The van der Waals surface area contributed by atoms with Crippen LogP contribution in [-0.4, -0.2) is 29.9 Å². The van der Waals surface area contributed by atoms with E-state index in [2.05, 4.69) is 0 Å². The van der Waals surface area contributed by atoms with E-state index in [0.717, 1.165) is 38.5 Å². The Balaban J connectivity index is 1.67. The molecule has 0 bridgehead atoms. The number of nitrogen functional groups attached to an aromatic ring is 1. The summed E-state index contributed by atoms with van der Waals surface area (Å²) < 4.78 is 13.0. The molecule has 2 atom stereocenters. The third-order valence-electron chi connectivity index (χ3n) is 4.20. The molecule has 1 aromatic heterocycles. The molecule has 2 saturated carbocycles. The summed E-state index contributed by atoms with van der Waals surface area (Å²) in [5.41, 5.74) is 7.03. The second kappa shape index (κ2) is 5.48. The molecule has 2 aliphatic rings. The van der Waals surface area contributed by atoms with Crippen molar-refractivity contribution in [1.29, 1.82) is 0 Å². The van der Waals surface area contributed by atoms with Gasteiger partial charge in [-0.3, -0.25) is 0 Å². The van der Waals surface area contributed by atoms with Gasteiger partial charge in [0.2, 0.25) is 0 Å². The van der Waals surface area contributed by atoms with Crippen LogP contribution < -0.4 is 5.73 Å². The molecule has 0 saturated heterocycles. The summed E-state index contributed by atoms with van der Waals surface area (Å²) in [6.07, 6.45) is 8.05. The largest absolute Gasteiger partial charge is 0.458 e. The van der Waals surface area contributed by atoms with Crippen molar-refractivity contribution in [1.82, 2.24) is 4.57 Å². The standard InChI is InChI=1S/C15H22N2O3/c1-19-12-3-2-4-13(8-12)20-15(18)14-7-10(16)9-17(14)11-5-6-11/h7,9,11-13H,2-6,8,16H2,1H3. The zero-order valence-electron chi connectivity index (χ0n) is 11.9. The predicted octanol–water partition coefficient (Wildman–Crippen LogP) is 2.52. The highest BCUT2D eigenvalue weighted by molar-refractivity contribution is 5.89. The average Bonchev–Trinajstić information content (AvgIpc) is 3.21. The number of carbonyl (C=O) groups excluding carboxylic acids is 1. The highest BCUT2D eigenvalue weighted by Gasteiger charge is 2.30. The number of hydrogen-bond donors (Lipinski definition) is 1. The van der Waals surface area contributed by atoms with E-state index in [-0.39, 0.29) is 18.2 Å². The number of carbonyl (C=O) groups is 1. The maximum absolute atomic E-state index is 12.3. The highest BCUT2D eigenvalue weighted by atomic mass is 16.5. The molecular formula is C15H22N2O3. The van der Waals surface area contributed by atoms with Gasteiger partial charge in [-0.1, -0.05) is 0 Å². The Morgan fingerprint density at radius 3 is 2.75 bits per heavy atom. The summed E-state index contributed by atoms with van der Waals surface area (Å²) in [4.78, 5) is 12.3. The van der Waals surface area contributed by atoms with Crippen LogP contribution in [0.4, 0.5) is 5.69 Å². The summed E-state index contributed by atoms with van der Waals surface area (Å²) in [5, 5.41) is 0. The van der Waals surface area contributed by atoms with Gasteiger partial charge in [0.05, 0.1) is 11.8 Å². The van der Waals surface area contributed by atoms with Crippen molar-refractivity contribution in [2.45, 2.75) is 56.8 Å². The Bertz CT molecular complexity index is 493. The lowest BCUT2D eigenvalue weighted by molar-refractivity contribution is -0.0156. The summed E-state index contributed by atoms with van der Waals surface area (Å²) >= 11 is 0. The first-order valence-electron chi connectivity index (χ1n) is 7.38. The third-order valence-corrected chi connectivity index (χ3v) is 4.20. The number of esters is 1. The van der Waals surface area contributed by atoms with E-state index in [1.54, 1.807) is 13.2 Å². The first kappa shape index (κ1) is 13.5. The number of nitrogens with two attached hydrogens (primary N) is 1. The van der Waals surface area contributed by atoms with Gasteiger partial charge < -0.3 is 19.8 Å². The van der Waals surface area contributed by atoms with Crippen molar-refractivity contribution in [3.8, 4) is 0 Å². The minimum atomic E-state index is -0.254. The third kappa shape index (κ3) is 2.82. The molecule has 5 nitrogen and oxygen atoms in total. The second-order valence-corrected chi connectivity index (χ2v) is 5.85. The fourth-order valence-corrected chi connectivity index (χ4v) is 2.95. The van der Waals surface area contributed by atoms with Crippen molar-refractivity contribution in [2.75, 3.05) is 12.8 Å². The van der Waals surface area contributed by atoms with E-state index in [1.165, 1.54) is 0 Å². The van der Waals surface area contributed by atoms with Gasteiger partial charge in [-0.2, -0.15) is 0 Å². The molecule has 110 valence electrons. The molecule has 5 heteroatoms. The Morgan fingerprint density at radius 2 is 2.05 bits per heavy atom. The van der Waals surface area contributed by atoms with Gasteiger partial charge in [0, 0.05) is 25.8 Å². The van der Waals surface area contributed by atoms with Crippen LogP contribution in [0.15, 0.2) is 12.3 Å². The van der Waals surface area contributed by atoms with E-state index in [9.17, 15) is 4.79 Å². The molecular weight excluding hydrogens is 256 g/mol.